The lowest BCUT2D eigenvalue weighted by Crippen LogP contribution is -2.38. The van der Waals surface area contributed by atoms with Gasteiger partial charge in [-0.25, -0.2) is 21.1 Å². The zero-order chi connectivity index (χ0) is 25.9. The third-order valence-electron chi connectivity index (χ3n) is 6.14. The van der Waals surface area contributed by atoms with E-state index in [1.807, 2.05) is 6.07 Å². The lowest BCUT2D eigenvalue weighted by Gasteiger charge is -2.34. The number of aromatic nitrogens is 1. The van der Waals surface area contributed by atoms with Gasteiger partial charge in [0.2, 0.25) is 20.0 Å². The summed E-state index contributed by atoms with van der Waals surface area (Å²) in [7, 11) is -4.47. The molecule has 3 aromatic rings. The van der Waals surface area contributed by atoms with E-state index in [2.05, 4.69) is 10.3 Å². The SMILES string of the molecule is CN(C)S(=O)(=O)c1ccc(C(=O)Nc2ccc(S(=O)(=O)N3CCCC[C@H]3c3cccnc3)cc2)cc1. The molecule has 0 unspecified atom stereocenters. The van der Waals surface area contributed by atoms with Crippen LogP contribution >= 0.6 is 0 Å². The second-order valence-corrected chi connectivity index (χ2v) is 12.7. The van der Waals surface area contributed by atoms with E-state index < -0.39 is 26.0 Å². The molecule has 1 aliphatic rings. The van der Waals surface area contributed by atoms with Gasteiger partial charge in [0.05, 0.1) is 15.8 Å². The van der Waals surface area contributed by atoms with E-state index in [0.717, 1.165) is 29.1 Å². The van der Waals surface area contributed by atoms with Crippen LogP contribution in [0.5, 0.6) is 0 Å². The molecule has 1 aliphatic heterocycles. The minimum Gasteiger partial charge on any atom is -0.322 e. The quantitative estimate of drug-likeness (QED) is 0.502. The van der Waals surface area contributed by atoms with E-state index in [4.69, 9.17) is 0 Å². The van der Waals surface area contributed by atoms with Crippen molar-refractivity contribution in [3.8, 4) is 0 Å². The van der Waals surface area contributed by atoms with Crippen molar-refractivity contribution in [1.29, 1.82) is 0 Å². The van der Waals surface area contributed by atoms with Crippen molar-refractivity contribution in [2.75, 3.05) is 26.0 Å². The summed E-state index contributed by atoms with van der Waals surface area (Å²) in [6.07, 6.45) is 5.84. The van der Waals surface area contributed by atoms with Crippen molar-refractivity contribution in [2.45, 2.75) is 35.1 Å². The predicted molar refractivity (Wildman–Crippen MR) is 136 cm³/mol. The highest BCUT2D eigenvalue weighted by Crippen LogP contribution is 2.35. The van der Waals surface area contributed by atoms with E-state index in [-0.39, 0.29) is 21.4 Å². The third kappa shape index (κ3) is 5.34. The lowest BCUT2D eigenvalue weighted by molar-refractivity contribution is 0.102. The van der Waals surface area contributed by atoms with Crippen molar-refractivity contribution in [1.82, 2.24) is 13.6 Å². The lowest BCUT2D eigenvalue weighted by atomic mass is 9.99. The van der Waals surface area contributed by atoms with Crippen LogP contribution in [0.4, 0.5) is 5.69 Å². The van der Waals surface area contributed by atoms with Crippen LogP contribution in [0.15, 0.2) is 82.8 Å². The summed E-state index contributed by atoms with van der Waals surface area (Å²) in [5.41, 5.74) is 1.57. The summed E-state index contributed by atoms with van der Waals surface area (Å²) in [6, 6.07) is 15.1. The summed E-state index contributed by atoms with van der Waals surface area (Å²) in [5, 5.41) is 2.72. The fraction of sp³-hybridized carbons (Fsp3) is 0.280. The molecule has 1 saturated heterocycles. The number of nitrogens with zero attached hydrogens (tertiary/aromatic N) is 3. The van der Waals surface area contributed by atoms with Crippen LogP contribution < -0.4 is 5.32 Å². The zero-order valence-corrected chi connectivity index (χ0v) is 21.7. The van der Waals surface area contributed by atoms with Gasteiger partial charge in [-0.3, -0.25) is 9.78 Å². The first kappa shape index (κ1) is 26.0. The molecular weight excluding hydrogens is 500 g/mol. The second kappa shape index (κ2) is 10.5. The first-order chi connectivity index (χ1) is 17.1. The molecule has 0 spiro atoms. The number of hydrogen-bond donors (Lipinski definition) is 1. The van der Waals surface area contributed by atoms with Crippen LogP contribution in [-0.2, 0) is 20.0 Å². The normalized spacial score (nSPS) is 17.1. The Labute approximate surface area is 211 Å². The Bertz CT molecular complexity index is 1420. The van der Waals surface area contributed by atoms with Gasteiger partial charge in [-0.1, -0.05) is 12.5 Å². The zero-order valence-electron chi connectivity index (χ0n) is 20.0. The minimum atomic E-state index is -3.75. The van der Waals surface area contributed by atoms with Gasteiger partial charge >= 0.3 is 0 Å². The van der Waals surface area contributed by atoms with Crippen molar-refractivity contribution in [3.63, 3.8) is 0 Å². The molecule has 190 valence electrons. The molecule has 1 aromatic heterocycles. The number of anilines is 1. The number of hydrogen-bond acceptors (Lipinski definition) is 6. The van der Waals surface area contributed by atoms with Gasteiger partial charge in [0.15, 0.2) is 0 Å². The van der Waals surface area contributed by atoms with Gasteiger partial charge in [-0.05, 0) is 73.0 Å². The Hall–Kier alpha value is -3.12. The number of piperidine rings is 1. The highest BCUT2D eigenvalue weighted by Gasteiger charge is 2.34. The number of pyridine rings is 1. The smallest absolute Gasteiger partial charge is 0.255 e. The largest absolute Gasteiger partial charge is 0.322 e. The van der Waals surface area contributed by atoms with Crippen molar-refractivity contribution in [3.05, 3.63) is 84.2 Å². The number of carbonyl (C=O) groups is 1. The average molecular weight is 529 g/mol. The molecule has 36 heavy (non-hydrogen) atoms. The van der Waals surface area contributed by atoms with Crippen molar-refractivity contribution < 1.29 is 21.6 Å². The topological polar surface area (TPSA) is 117 Å². The first-order valence-electron chi connectivity index (χ1n) is 11.5. The molecule has 1 N–H and O–H groups in total. The van der Waals surface area contributed by atoms with Gasteiger partial charge in [0.1, 0.15) is 0 Å². The Balaban J connectivity index is 1.49. The Morgan fingerprint density at radius 3 is 2.22 bits per heavy atom. The molecule has 0 bridgehead atoms. The molecule has 0 aliphatic carbocycles. The molecule has 1 amide bonds. The van der Waals surface area contributed by atoms with E-state index in [1.165, 1.54) is 54.8 Å². The monoisotopic (exact) mass is 528 g/mol. The summed E-state index contributed by atoms with van der Waals surface area (Å²) < 4.78 is 53.9. The Morgan fingerprint density at radius 2 is 1.61 bits per heavy atom. The molecule has 11 heteroatoms. The number of sulfonamides is 2. The van der Waals surface area contributed by atoms with Crippen LogP contribution in [0.2, 0.25) is 0 Å². The summed E-state index contributed by atoms with van der Waals surface area (Å²) in [4.78, 5) is 17.0. The molecule has 0 radical (unpaired) electrons. The third-order valence-corrected chi connectivity index (χ3v) is 9.89. The molecule has 1 fully saturated rings. The number of benzene rings is 2. The molecule has 9 nitrogen and oxygen atoms in total. The number of rotatable bonds is 7. The molecule has 2 heterocycles. The highest BCUT2D eigenvalue weighted by molar-refractivity contribution is 7.89. The average Bonchev–Trinajstić information content (AvgIpc) is 2.89. The van der Waals surface area contributed by atoms with Gasteiger partial charge in [0, 0.05) is 44.3 Å². The fourth-order valence-corrected chi connectivity index (χ4v) is 6.72. The van der Waals surface area contributed by atoms with E-state index in [9.17, 15) is 21.6 Å². The van der Waals surface area contributed by atoms with Crippen LogP contribution in [0.1, 0.15) is 41.2 Å². The number of carbonyl (C=O) groups excluding carboxylic acids is 1. The molecule has 0 saturated carbocycles. The Morgan fingerprint density at radius 1 is 0.944 bits per heavy atom. The van der Waals surface area contributed by atoms with Gasteiger partial charge < -0.3 is 5.32 Å². The minimum absolute atomic E-state index is 0.0842. The maximum absolute atomic E-state index is 13.5. The van der Waals surface area contributed by atoms with Crippen molar-refractivity contribution in [2.24, 2.45) is 0 Å². The van der Waals surface area contributed by atoms with Crippen LogP contribution in [0.3, 0.4) is 0 Å². The predicted octanol–water partition coefficient (Wildman–Crippen LogP) is 3.50. The molecule has 2 aromatic carbocycles. The van der Waals surface area contributed by atoms with Gasteiger partial charge in [-0.2, -0.15) is 4.31 Å². The number of amides is 1. The standard InChI is InChI=1S/C25H28N4O5S2/c1-28(2)35(31,32)22-12-8-19(9-13-22)25(30)27-21-10-14-23(15-11-21)36(33,34)29-17-4-3-7-24(29)20-6-5-16-26-18-20/h5-6,8-16,18,24H,3-4,7,17H2,1-2H3,(H,27,30)/t24-/m0/s1. The van der Waals surface area contributed by atoms with Crippen LogP contribution in [0.25, 0.3) is 0 Å². The van der Waals surface area contributed by atoms with E-state index in [0.29, 0.717) is 12.2 Å². The van der Waals surface area contributed by atoms with Gasteiger partial charge in [-0.15, -0.1) is 0 Å². The van der Waals surface area contributed by atoms with Crippen LogP contribution in [-0.4, -0.2) is 57.0 Å². The first-order valence-corrected chi connectivity index (χ1v) is 14.3. The van der Waals surface area contributed by atoms with E-state index >= 15 is 0 Å². The second-order valence-electron chi connectivity index (χ2n) is 8.70. The molecular formula is C25H28N4O5S2. The number of nitrogens with one attached hydrogen (secondary N) is 1. The van der Waals surface area contributed by atoms with Crippen LogP contribution in [0, 0.1) is 0 Å². The molecule has 1 atom stereocenters. The highest BCUT2D eigenvalue weighted by atomic mass is 32.2. The summed E-state index contributed by atoms with van der Waals surface area (Å²) in [6.45, 7) is 0.430. The fourth-order valence-electron chi connectivity index (χ4n) is 4.14. The molecule has 4 rings (SSSR count). The Kier molecular flexibility index (Phi) is 7.55. The maximum atomic E-state index is 13.5. The summed E-state index contributed by atoms with van der Waals surface area (Å²) >= 11 is 0. The maximum Gasteiger partial charge on any atom is 0.255 e. The van der Waals surface area contributed by atoms with Gasteiger partial charge in [0.25, 0.3) is 5.91 Å². The summed E-state index contributed by atoms with van der Waals surface area (Å²) in [5.74, 6) is -0.438. The van der Waals surface area contributed by atoms with E-state index in [1.54, 1.807) is 30.6 Å². The van der Waals surface area contributed by atoms with Crippen molar-refractivity contribution >= 4 is 31.6 Å².